The van der Waals surface area contributed by atoms with E-state index >= 15 is 0 Å². The normalized spacial score (nSPS) is 9.71. The fourth-order valence-corrected chi connectivity index (χ4v) is 2.27. The van der Waals surface area contributed by atoms with Crippen molar-refractivity contribution in [3.8, 4) is 11.5 Å². The fraction of sp³-hybridized carbons (Fsp3) is 0.0500. The minimum Gasteiger partial charge on any atom is -0.398 e. The first kappa shape index (κ1) is 22.8. The van der Waals surface area contributed by atoms with Crippen LogP contribution in [0.3, 0.4) is 0 Å². The average molecular weight is 427 g/mol. The molecule has 11 nitrogen and oxygen atoms in total. The number of aliphatic hydroxyl groups is 1. The Morgan fingerprint density at radius 1 is 0.806 bits per heavy atom. The van der Waals surface area contributed by atoms with Gasteiger partial charge in [-0.05, 0) is 18.2 Å². The highest BCUT2D eigenvalue weighted by Gasteiger charge is 2.21. The van der Waals surface area contributed by atoms with E-state index in [0.29, 0.717) is 5.69 Å². The summed E-state index contributed by atoms with van der Waals surface area (Å²) >= 11 is 0. The molecule has 0 heterocycles. The van der Waals surface area contributed by atoms with Crippen LogP contribution in [0.5, 0.6) is 11.5 Å². The molecule has 0 saturated heterocycles. The van der Waals surface area contributed by atoms with Crippen LogP contribution in [0.2, 0.25) is 0 Å². The number of carbonyl (C=O) groups excluding carboxylic acids is 1. The molecule has 0 aliphatic heterocycles. The summed E-state index contributed by atoms with van der Waals surface area (Å²) in [5.41, 5.74) is 6.06. The lowest BCUT2D eigenvalue weighted by Crippen LogP contribution is -2.15. The number of nitro benzene ring substituents is 2. The van der Waals surface area contributed by atoms with Crippen molar-refractivity contribution >= 4 is 23.2 Å². The van der Waals surface area contributed by atoms with Crippen molar-refractivity contribution in [2.75, 3.05) is 5.73 Å². The first-order valence-corrected chi connectivity index (χ1v) is 8.64. The van der Waals surface area contributed by atoms with E-state index in [1.807, 2.05) is 12.1 Å². The van der Waals surface area contributed by atoms with Gasteiger partial charge < -0.3 is 20.3 Å². The number of nitrogens with two attached hydrogens (primary N) is 1. The van der Waals surface area contributed by atoms with E-state index in [4.69, 9.17) is 20.3 Å². The summed E-state index contributed by atoms with van der Waals surface area (Å²) < 4.78 is 9.44. The Kier molecular flexibility index (Phi) is 7.99. The summed E-state index contributed by atoms with van der Waals surface area (Å²) in [7, 11) is 0. The second-order valence-electron chi connectivity index (χ2n) is 5.76. The highest BCUT2D eigenvalue weighted by Crippen LogP contribution is 2.29. The van der Waals surface area contributed by atoms with E-state index < -0.39 is 27.4 Å². The van der Waals surface area contributed by atoms with Crippen LogP contribution < -0.4 is 15.2 Å². The number of hydrogen-bond acceptors (Lipinski definition) is 9. The van der Waals surface area contributed by atoms with Crippen LogP contribution in [-0.4, -0.2) is 21.1 Å². The van der Waals surface area contributed by atoms with E-state index in [-0.39, 0.29) is 18.1 Å². The summed E-state index contributed by atoms with van der Waals surface area (Å²) in [4.78, 5) is 31.8. The number of hydrogen-bond donors (Lipinski definition) is 2. The summed E-state index contributed by atoms with van der Waals surface area (Å²) in [5.74, 6) is -0.646. The van der Waals surface area contributed by atoms with Crippen LogP contribution in [0, 0.1) is 20.2 Å². The SMILES string of the molecule is Nc1ccccc1CO.O=C(Oc1ccccc1[N+](=O)[O-])Oc1ccccc1[N+](=O)[O-]. The molecule has 0 atom stereocenters. The van der Waals surface area contributed by atoms with Gasteiger partial charge in [-0.25, -0.2) is 4.79 Å². The summed E-state index contributed by atoms with van der Waals surface area (Å²) in [5, 5.41) is 30.2. The summed E-state index contributed by atoms with van der Waals surface area (Å²) in [6.07, 6.45) is -1.32. The van der Waals surface area contributed by atoms with Crippen molar-refractivity contribution in [1.82, 2.24) is 0 Å². The molecule has 31 heavy (non-hydrogen) atoms. The van der Waals surface area contributed by atoms with Gasteiger partial charge in [-0.2, -0.15) is 0 Å². The van der Waals surface area contributed by atoms with Crippen LogP contribution in [0.15, 0.2) is 72.8 Å². The number of ether oxygens (including phenoxy) is 2. The van der Waals surface area contributed by atoms with Crippen LogP contribution in [0.25, 0.3) is 0 Å². The van der Waals surface area contributed by atoms with Crippen LogP contribution in [0.4, 0.5) is 21.9 Å². The Balaban J connectivity index is 0.000000316. The maximum atomic E-state index is 11.6. The van der Waals surface area contributed by atoms with Gasteiger partial charge in [0, 0.05) is 23.4 Å². The Labute approximate surface area is 175 Å². The van der Waals surface area contributed by atoms with Gasteiger partial charge >= 0.3 is 17.5 Å². The molecule has 160 valence electrons. The molecule has 0 unspecified atom stereocenters. The third-order valence-corrected chi connectivity index (χ3v) is 3.74. The highest BCUT2D eigenvalue weighted by atomic mass is 16.7. The molecule has 3 rings (SSSR count). The molecule has 3 aromatic rings. The molecule has 0 aromatic heterocycles. The molecule has 0 radical (unpaired) electrons. The Hall–Kier alpha value is -4.51. The lowest BCUT2D eigenvalue weighted by molar-refractivity contribution is -0.385. The molecule has 0 amide bonds. The largest absolute Gasteiger partial charge is 0.519 e. The zero-order valence-corrected chi connectivity index (χ0v) is 15.9. The zero-order valence-electron chi connectivity index (χ0n) is 15.9. The van der Waals surface area contributed by atoms with Gasteiger partial charge in [0.2, 0.25) is 11.5 Å². The monoisotopic (exact) mass is 427 g/mol. The van der Waals surface area contributed by atoms with Crippen LogP contribution in [-0.2, 0) is 6.61 Å². The molecular weight excluding hydrogens is 410 g/mol. The van der Waals surface area contributed by atoms with Gasteiger partial charge in [-0.3, -0.25) is 20.2 Å². The first-order chi connectivity index (χ1) is 14.8. The number of nitrogen functional groups attached to an aromatic ring is 1. The number of carbonyl (C=O) groups is 1. The lowest BCUT2D eigenvalue weighted by atomic mass is 10.2. The lowest BCUT2D eigenvalue weighted by Gasteiger charge is -2.06. The third-order valence-electron chi connectivity index (χ3n) is 3.74. The van der Waals surface area contributed by atoms with Crippen LogP contribution >= 0.6 is 0 Å². The minimum absolute atomic E-state index is 0.0205. The van der Waals surface area contributed by atoms with Crippen molar-refractivity contribution in [2.24, 2.45) is 0 Å². The predicted octanol–water partition coefficient (Wildman–Crippen LogP) is 3.84. The van der Waals surface area contributed by atoms with Gasteiger partial charge in [-0.15, -0.1) is 0 Å². The maximum Gasteiger partial charge on any atom is 0.519 e. The summed E-state index contributed by atoms with van der Waals surface area (Å²) in [6, 6.07) is 17.6. The van der Waals surface area contributed by atoms with Crippen molar-refractivity contribution in [3.63, 3.8) is 0 Å². The average Bonchev–Trinajstić information content (AvgIpc) is 2.75. The second kappa shape index (κ2) is 10.9. The number of rotatable bonds is 5. The van der Waals surface area contributed by atoms with Crippen molar-refractivity contribution in [2.45, 2.75) is 6.61 Å². The van der Waals surface area contributed by atoms with Gasteiger partial charge in [-0.1, -0.05) is 42.5 Å². The van der Waals surface area contributed by atoms with E-state index in [1.165, 1.54) is 36.4 Å². The zero-order chi connectivity index (χ0) is 22.8. The van der Waals surface area contributed by atoms with E-state index in [9.17, 15) is 25.0 Å². The number of aliphatic hydroxyl groups excluding tert-OH is 1. The molecular formula is C20H17N3O8. The minimum atomic E-state index is -1.32. The number of nitrogens with zero attached hydrogens (tertiary/aromatic N) is 2. The van der Waals surface area contributed by atoms with Crippen molar-refractivity contribution in [3.05, 3.63) is 98.6 Å². The molecule has 0 aliphatic carbocycles. The molecule has 0 fully saturated rings. The quantitative estimate of drug-likeness (QED) is 0.202. The number of benzene rings is 3. The number of anilines is 1. The highest BCUT2D eigenvalue weighted by molar-refractivity contribution is 5.70. The maximum absolute atomic E-state index is 11.6. The number of para-hydroxylation sites is 5. The molecule has 0 bridgehead atoms. The Bertz CT molecular complexity index is 1030. The Morgan fingerprint density at radius 2 is 1.23 bits per heavy atom. The molecule has 3 N–H and O–H groups in total. The van der Waals surface area contributed by atoms with Gasteiger partial charge in [0.1, 0.15) is 0 Å². The smallest absolute Gasteiger partial charge is 0.398 e. The van der Waals surface area contributed by atoms with Gasteiger partial charge in [0.15, 0.2) is 0 Å². The third kappa shape index (κ3) is 6.51. The molecule has 11 heteroatoms. The molecule has 0 saturated carbocycles. The summed E-state index contributed by atoms with van der Waals surface area (Å²) in [6.45, 7) is 0.0205. The standard InChI is InChI=1S/C13H8N2O7.C7H9NO/c16-13(21-11-7-3-1-5-9(11)14(17)18)22-12-8-4-2-6-10(12)15(19)20;8-7-4-2-1-3-6(7)5-9/h1-8H;1-4,9H,5,8H2. The van der Waals surface area contributed by atoms with E-state index in [2.05, 4.69) is 0 Å². The second-order valence-corrected chi connectivity index (χ2v) is 5.76. The van der Waals surface area contributed by atoms with Crippen LogP contribution in [0.1, 0.15) is 5.56 Å². The van der Waals surface area contributed by atoms with E-state index in [0.717, 1.165) is 17.7 Å². The first-order valence-electron chi connectivity index (χ1n) is 8.64. The Morgan fingerprint density at radius 3 is 1.61 bits per heavy atom. The van der Waals surface area contributed by atoms with Gasteiger partial charge in [0.25, 0.3) is 0 Å². The number of nitro groups is 2. The predicted molar refractivity (Wildman–Crippen MR) is 110 cm³/mol. The topological polar surface area (TPSA) is 168 Å². The van der Waals surface area contributed by atoms with Crippen molar-refractivity contribution < 1.29 is 29.2 Å². The van der Waals surface area contributed by atoms with Crippen molar-refractivity contribution in [1.29, 1.82) is 0 Å². The fourth-order valence-electron chi connectivity index (χ4n) is 2.27. The molecule has 3 aromatic carbocycles. The molecule has 0 aliphatic rings. The molecule has 0 spiro atoms. The van der Waals surface area contributed by atoms with E-state index in [1.54, 1.807) is 12.1 Å². The van der Waals surface area contributed by atoms with Gasteiger partial charge in [0.05, 0.1) is 16.5 Å².